The molecule has 2 N–H and O–H groups in total. The van der Waals surface area contributed by atoms with Crippen molar-refractivity contribution < 1.29 is 14.0 Å². The van der Waals surface area contributed by atoms with Gasteiger partial charge < -0.3 is 15.1 Å². The van der Waals surface area contributed by atoms with Crippen molar-refractivity contribution in [2.75, 3.05) is 28.2 Å². The van der Waals surface area contributed by atoms with E-state index in [-0.39, 0.29) is 12.3 Å². The molecule has 0 spiro atoms. The van der Waals surface area contributed by atoms with E-state index in [4.69, 9.17) is 4.42 Å². The lowest BCUT2D eigenvalue weighted by atomic mass is 10.1. The second kappa shape index (κ2) is 12.1. The molecule has 128 valence electrons. The summed E-state index contributed by atoms with van der Waals surface area (Å²) in [6.45, 7) is 0. The van der Waals surface area contributed by atoms with Crippen molar-refractivity contribution in [1.29, 1.82) is 0 Å². The van der Waals surface area contributed by atoms with Crippen LogP contribution in [0, 0.1) is 0 Å². The highest BCUT2D eigenvalue weighted by molar-refractivity contribution is 7.97. The van der Waals surface area contributed by atoms with Crippen LogP contribution in [-0.2, 0) is 9.59 Å². The Kier molecular flexibility index (Phi) is 11.4. The van der Waals surface area contributed by atoms with E-state index in [0.717, 1.165) is 0 Å². The zero-order valence-electron chi connectivity index (χ0n) is 13.7. The minimum Gasteiger partial charge on any atom is -0.440 e. The molecule has 0 saturated heterocycles. The zero-order chi connectivity index (χ0) is 17.8. The first-order chi connectivity index (χ1) is 10.9. The van der Waals surface area contributed by atoms with Gasteiger partial charge in [-0.05, 0) is 40.3 Å². The first kappa shape index (κ1) is 21.6. The number of hydrogen-bond acceptors (Lipinski definition) is 6. The molecule has 0 saturated carbocycles. The summed E-state index contributed by atoms with van der Waals surface area (Å²) in [6.07, 6.45) is -0.0712. The quantitative estimate of drug-likeness (QED) is 0.626. The molecule has 0 aliphatic rings. The summed E-state index contributed by atoms with van der Waals surface area (Å²) < 4.78 is 5.43. The van der Waals surface area contributed by atoms with Gasteiger partial charge in [0.15, 0.2) is 15.8 Å². The van der Waals surface area contributed by atoms with Crippen LogP contribution in [0.4, 0.5) is 0 Å². The maximum atomic E-state index is 11.3. The molecule has 1 heterocycles. The minimum atomic E-state index is -0.782. The summed E-state index contributed by atoms with van der Waals surface area (Å²) in [5.74, 6) is -0.579. The number of benzene rings is 1. The summed E-state index contributed by atoms with van der Waals surface area (Å²) in [5.41, 5.74) is 1.22. The van der Waals surface area contributed by atoms with Crippen molar-refractivity contribution in [3.63, 3.8) is 0 Å². The molecule has 0 fully saturated rings. The molecule has 23 heavy (non-hydrogen) atoms. The first-order valence-electron chi connectivity index (χ1n) is 6.88. The highest BCUT2D eigenvalue weighted by Crippen LogP contribution is 2.26. The number of para-hydroxylation sites is 2. The van der Waals surface area contributed by atoms with Gasteiger partial charge in [0, 0.05) is 6.42 Å². The highest BCUT2D eigenvalue weighted by Gasteiger charge is 2.25. The monoisotopic (exact) mass is 357 g/mol. The van der Waals surface area contributed by atoms with E-state index in [1.54, 1.807) is 18.2 Å². The number of hydrogen-bond donors (Lipinski definition) is 4. The summed E-state index contributed by atoms with van der Waals surface area (Å²) >= 11 is 7.39. The Bertz CT molecular complexity index is 582. The van der Waals surface area contributed by atoms with E-state index in [0.29, 0.717) is 11.1 Å². The molecule has 2 aromatic rings. The lowest BCUT2D eigenvalue weighted by Crippen LogP contribution is -2.10. The van der Waals surface area contributed by atoms with Crippen LogP contribution in [-0.4, -0.2) is 43.4 Å². The molecular weight excluding hydrogens is 334 g/mol. The lowest BCUT2D eigenvalue weighted by Gasteiger charge is -2.05. The SMILES string of the molecule is CNC.CNC.O=C(S)CC(C(=O)S)c1nc2ccccc2o1. The van der Waals surface area contributed by atoms with Gasteiger partial charge in [-0.3, -0.25) is 9.59 Å². The maximum absolute atomic E-state index is 11.3. The van der Waals surface area contributed by atoms with Gasteiger partial charge in [0.2, 0.25) is 5.89 Å². The molecule has 2 rings (SSSR count). The van der Waals surface area contributed by atoms with Crippen LogP contribution in [0.25, 0.3) is 11.1 Å². The average molecular weight is 358 g/mol. The molecular formula is C15H23N3O3S2. The summed E-state index contributed by atoms with van der Waals surface area (Å²) in [5, 5.41) is 4.64. The summed E-state index contributed by atoms with van der Waals surface area (Å²) in [4.78, 5) is 26.5. The van der Waals surface area contributed by atoms with Gasteiger partial charge in [0.1, 0.15) is 11.4 Å². The maximum Gasteiger partial charge on any atom is 0.207 e. The largest absolute Gasteiger partial charge is 0.440 e. The van der Waals surface area contributed by atoms with Crippen molar-refractivity contribution in [3.05, 3.63) is 30.2 Å². The molecule has 1 atom stereocenters. The number of nitrogens with zero attached hydrogens (tertiary/aromatic N) is 1. The molecule has 0 bridgehead atoms. The number of carbonyl (C=O) groups excluding carboxylic acids is 2. The number of rotatable bonds is 4. The van der Waals surface area contributed by atoms with Crippen LogP contribution in [0.3, 0.4) is 0 Å². The summed E-state index contributed by atoms with van der Waals surface area (Å²) in [6, 6.07) is 7.13. The average Bonchev–Trinajstić information content (AvgIpc) is 2.89. The van der Waals surface area contributed by atoms with Gasteiger partial charge >= 0.3 is 0 Å². The third kappa shape index (κ3) is 8.17. The normalized spacial score (nSPS) is 10.9. The van der Waals surface area contributed by atoms with Crippen LogP contribution in [0.15, 0.2) is 28.7 Å². The van der Waals surface area contributed by atoms with E-state index in [2.05, 4.69) is 40.9 Å². The predicted octanol–water partition coefficient (Wildman–Crippen LogP) is 1.89. The van der Waals surface area contributed by atoms with Crippen molar-refractivity contribution >= 4 is 46.6 Å². The Morgan fingerprint density at radius 2 is 1.65 bits per heavy atom. The third-order valence-corrected chi connectivity index (χ3v) is 2.78. The molecule has 0 aliphatic carbocycles. The second-order valence-corrected chi connectivity index (χ2v) is 5.45. The van der Waals surface area contributed by atoms with E-state index in [1.807, 2.05) is 34.3 Å². The van der Waals surface area contributed by atoms with Gasteiger partial charge in [0.05, 0.1) is 0 Å². The molecule has 1 aromatic heterocycles. The Morgan fingerprint density at radius 1 is 1.13 bits per heavy atom. The van der Waals surface area contributed by atoms with Crippen LogP contribution in [0.1, 0.15) is 18.2 Å². The Hall–Kier alpha value is -1.35. The van der Waals surface area contributed by atoms with Gasteiger partial charge in [-0.25, -0.2) is 4.98 Å². The standard InChI is InChI=1S/C11H9NO3S2.2C2H7N/c13-9(16)5-6(11(14)17)10-12-7-3-1-2-4-8(7)15-10;2*1-3-2/h1-4,6H,5H2,(H,13,16)(H,14,17);2*3H,1-2H3. The molecule has 8 heteroatoms. The Labute approximate surface area is 147 Å². The molecule has 0 amide bonds. The van der Waals surface area contributed by atoms with E-state index in [9.17, 15) is 9.59 Å². The fraction of sp³-hybridized carbons (Fsp3) is 0.400. The van der Waals surface area contributed by atoms with E-state index in [1.165, 1.54) is 0 Å². The Morgan fingerprint density at radius 3 is 2.09 bits per heavy atom. The highest BCUT2D eigenvalue weighted by atomic mass is 32.1. The van der Waals surface area contributed by atoms with Gasteiger partial charge in [-0.2, -0.15) is 0 Å². The first-order valence-corrected chi connectivity index (χ1v) is 7.77. The molecule has 0 radical (unpaired) electrons. The predicted molar refractivity (Wildman–Crippen MR) is 99.3 cm³/mol. The van der Waals surface area contributed by atoms with Crippen molar-refractivity contribution in [2.45, 2.75) is 12.3 Å². The van der Waals surface area contributed by atoms with Crippen LogP contribution in [0.5, 0.6) is 0 Å². The summed E-state index contributed by atoms with van der Waals surface area (Å²) in [7, 11) is 7.50. The van der Waals surface area contributed by atoms with Crippen LogP contribution < -0.4 is 10.6 Å². The molecule has 1 aromatic carbocycles. The number of carbonyl (C=O) groups is 2. The molecule has 6 nitrogen and oxygen atoms in total. The van der Waals surface area contributed by atoms with Crippen LogP contribution in [0.2, 0.25) is 0 Å². The van der Waals surface area contributed by atoms with Gasteiger partial charge in [0.25, 0.3) is 0 Å². The van der Waals surface area contributed by atoms with Gasteiger partial charge in [-0.15, -0.1) is 25.3 Å². The minimum absolute atomic E-state index is 0.0712. The Balaban J connectivity index is 0.000000704. The molecule has 0 aliphatic heterocycles. The van der Waals surface area contributed by atoms with Crippen molar-refractivity contribution in [1.82, 2.24) is 15.6 Å². The fourth-order valence-corrected chi connectivity index (χ4v) is 1.88. The number of oxazole rings is 1. The van der Waals surface area contributed by atoms with Crippen molar-refractivity contribution in [2.24, 2.45) is 0 Å². The van der Waals surface area contributed by atoms with E-state index >= 15 is 0 Å². The number of fused-ring (bicyclic) bond motifs is 1. The van der Waals surface area contributed by atoms with Crippen molar-refractivity contribution in [3.8, 4) is 0 Å². The third-order valence-electron chi connectivity index (χ3n) is 2.29. The lowest BCUT2D eigenvalue weighted by molar-refractivity contribution is -0.117. The number of aromatic nitrogens is 1. The van der Waals surface area contributed by atoms with Gasteiger partial charge in [-0.1, -0.05) is 12.1 Å². The van der Waals surface area contributed by atoms with Crippen LogP contribution >= 0.6 is 25.3 Å². The fourth-order valence-electron chi connectivity index (χ4n) is 1.49. The topological polar surface area (TPSA) is 84.2 Å². The number of thiol groups is 2. The molecule has 1 unspecified atom stereocenters. The smallest absolute Gasteiger partial charge is 0.207 e. The zero-order valence-corrected chi connectivity index (χ0v) is 15.4. The number of nitrogens with one attached hydrogen (secondary N) is 2. The van der Waals surface area contributed by atoms with E-state index < -0.39 is 16.1 Å². The second-order valence-electron chi connectivity index (χ2n) is 4.51.